The van der Waals surface area contributed by atoms with Crippen molar-refractivity contribution in [3.05, 3.63) is 89.5 Å². The molecule has 6 heteroatoms. The van der Waals surface area contributed by atoms with E-state index in [1.54, 1.807) is 36.4 Å². The molecule has 0 saturated heterocycles. The summed E-state index contributed by atoms with van der Waals surface area (Å²) in [5.74, 6) is -0.396. The second-order valence-corrected chi connectivity index (χ2v) is 9.08. The molecule has 0 bridgehead atoms. The number of para-hydroxylation sites is 1. The number of hydrogen-bond acceptors (Lipinski definition) is 3. The number of nitrogens with zero attached hydrogens (tertiary/aromatic N) is 1. The molecule has 1 N–H and O–H groups in total. The Balaban J connectivity index is 1.94. The molecule has 0 atom stereocenters. The molecule has 0 radical (unpaired) electrons. The number of rotatable bonds is 7. The number of carbonyl (C=O) groups is 1. The van der Waals surface area contributed by atoms with Crippen molar-refractivity contribution in [2.24, 2.45) is 0 Å². The summed E-state index contributed by atoms with van der Waals surface area (Å²) in [5, 5.41) is 2.86. The van der Waals surface area contributed by atoms with Crippen molar-refractivity contribution in [1.82, 2.24) is 0 Å². The van der Waals surface area contributed by atoms with E-state index in [1.807, 2.05) is 57.2 Å². The fraction of sp³-hybridized carbons (Fsp3) is 0.208. The zero-order valence-electron chi connectivity index (χ0n) is 17.4. The molecular weight excluding hydrogens is 396 g/mol. The number of aryl methyl sites for hydroxylation is 3. The lowest BCUT2D eigenvalue weighted by atomic mass is 10.1. The minimum atomic E-state index is -3.91. The lowest BCUT2D eigenvalue weighted by molar-refractivity contribution is -0.114. The number of carbonyl (C=O) groups excluding carboxylic acids is 1. The van der Waals surface area contributed by atoms with Gasteiger partial charge in [-0.2, -0.15) is 0 Å². The quantitative estimate of drug-likeness (QED) is 0.600. The van der Waals surface area contributed by atoms with E-state index in [1.165, 1.54) is 0 Å². The van der Waals surface area contributed by atoms with Gasteiger partial charge in [-0.25, -0.2) is 8.42 Å². The fourth-order valence-electron chi connectivity index (χ4n) is 3.13. The van der Waals surface area contributed by atoms with E-state index in [-0.39, 0.29) is 11.4 Å². The molecule has 3 aromatic rings. The molecule has 3 rings (SSSR count). The van der Waals surface area contributed by atoms with Crippen molar-refractivity contribution < 1.29 is 13.2 Å². The summed E-state index contributed by atoms with van der Waals surface area (Å²) in [6, 6.07) is 21.2. The first-order valence-corrected chi connectivity index (χ1v) is 11.3. The zero-order chi connectivity index (χ0) is 21.7. The van der Waals surface area contributed by atoms with Crippen LogP contribution in [-0.2, 0) is 21.2 Å². The molecule has 0 aliphatic carbocycles. The molecular formula is C24H26N2O3S. The van der Waals surface area contributed by atoms with E-state index >= 15 is 0 Å². The van der Waals surface area contributed by atoms with Crippen LogP contribution in [0.2, 0.25) is 0 Å². The van der Waals surface area contributed by atoms with Gasteiger partial charge in [0.15, 0.2) is 0 Å². The minimum Gasteiger partial charge on any atom is -0.324 e. The Hall–Kier alpha value is -3.12. The van der Waals surface area contributed by atoms with Crippen molar-refractivity contribution in [3.63, 3.8) is 0 Å². The highest BCUT2D eigenvalue weighted by Gasteiger charge is 2.27. The highest BCUT2D eigenvalue weighted by atomic mass is 32.2. The van der Waals surface area contributed by atoms with Gasteiger partial charge in [-0.1, -0.05) is 60.5 Å². The summed E-state index contributed by atoms with van der Waals surface area (Å²) in [6.45, 7) is 5.51. The maximum Gasteiger partial charge on any atom is 0.264 e. The van der Waals surface area contributed by atoms with Crippen molar-refractivity contribution in [2.75, 3.05) is 16.2 Å². The van der Waals surface area contributed by atoms with Crippen molar-refractivity contribution >= 4 is 27.3 Å². The molecule has 156 valence electrons. The first-order valence-electron chi connectivity index (χ1n) is 9.85. The van der Waals surface area contributed by atoms with Gasteiger partial charge in [0, 0.05) is 5.69 Å². The van der Waals surface area contributed by atoms with E-state index in [4.69, 9.17) is 0 Å². The Labute approximate surface area is 178 Å². The van der Waals surface area contributed by atoms with E-state index in [2.05, 4.69) is 5.32 Å². The van der Waals surface area contributed by atoms with Gasteiger partial charge in [-0.15, -0.1) is 0 Å². The summed E-state index contributed by atoms with van der Waals surface area (Å²) in [7, 11) is -3.91. The molecule has 0 aliphatic heterocycles. The molecule has 0 saturated carbocycles. The van der Waals surface area contributed by atoms with E-state index in [0.717, 1.165) is 27.4 Å². The lowest BCUT2D eigenvalue weighted by Crippen LogP contribution is -2.38. The average Bonchev–Trinajstić information content (AvgIpc) is 2.73. The molecule has 5 nitrogen and oxygen atoms in total. The van der Waals surface area contributed by atoms with Crippen LogP contribution in [0.25, 0.3) is 0 Å². The first-order chi connectivity index (χ1) is 14.3. The maximum atomic E-state index is 13.4. The van der Waals surface area contributed by atoms with Crippen LogP contribution in [0.15, 0.2) is 77.7 Å². The fourth-order valence-corrected chi connectivity index (χ4v) is 4.56. The molecule has 0 aromatic heterocycles. The van der Waals surface area contributed by atoms with E-state index in [9.17, 15) is 13.2 Å². The summed E-state index contributed by atoms with van der Waals surface area (Å²) < 4.78 is 27.9. The third-order valence-electron chi connectivity index (χ3n) is 4.89. The summed E-state index contributed by atoms with van der Waals surface area (Å²) in [6.07, 6.45) is 0.764. The lowest BCUT2D eigenvalue weighted by Gasteiger charge is -2.24. The number of benzene rings is 3. The van der Waals surface area contributed by atoms with Crippen LogP contribution in [0.5, 0.6) is 0 Å². The van der Waals surface area contributed by atoms with Crippen LogP contribution in [0.1, 0.15) is 23.6 Å². The molecule has 0 aliphatic rings. The number of nitrogens with one attached hydrogen (secondary N) is 1. The number of hydrogen-bond donors (Lipinski definition) is 1. The predicted octanol–water partition coefficient (Wildman–Crippen LogP) is 4.70. The highest BCUT2D eigenvalue weighted by Crippen LogP contribution is 2.25. The Morgan fingerprint density at radius 3 is 2.03 bits per heavy atom. The molecule has 3 aromatic carbocycles. The third-order valence-corrected chi connectivity index (χ3v) is 6.68. The number of sulfonamides is 1. The summed E-state index contributed by atoms with van der Waals surface area (Å²) in [4.78, 5) is 13.0. The molecule has 30 heavy (non-hydrogen) atoms. The van der Waals surface area contributed by atoms with Crippen molar-refractivity contribution in [2.45, 2.75) is 32.1 Å². The van der Waals surface area contributed by atoms with Gasteiger partial charge in [0.1, 0.15) is 6.54 Å². The van der Waals surface area contributed by atoms with Crippen molar-refractivity contribution in [1.29, 1.82) is 0 Å². The van der Waals surface area contributed by atoms with Crippen LogP contribution in [-0.4, -0.2) is 20.9 Å². The van der Waals surface area contributed by atoms with Gasteiger partial charge in [0.05, 0.1) is 10.6 Å². The van der Waals surface area contributed by atoms with Crippen LogP contribution in [0, 0.1) is 13.8 Å². The van der Waals surface area contributed by atoms with Crippen LogP contribution in [0.3, 0.4) is 0 Å². The Morgan fingerprint density at radius 2 is 1.43 bits per heavy atom. The molecule has 0 unspecified atom stereocenters. The normalized spacial score (nSPS) is 11.2. The monoisotopic (exact) mass is 422 g/mol. The van der Waals surface area contributed by atoms with Crippen LogP contribution in [0.4, 0.5) is 11.4 Å². The van der Waals surface area contributed by atoms with Gasteiger partial charge in [-0.3, -0.25) is 9.10 Å². The first kappa shape index (κ1) is 21.6. The molecule has 0 heterocycles. The largest absolute Gasteiger partial charge is 0.324 e. The Bertz CT molecular complexity index is 1120. The van der Waals surface area contributed by atoms with Gasteiger partial charge in [0.2, 0.25) is 5.91 Å². The molecule has 0 spiro atoms. The summed E-state index contributed by atoms with van der Waals surface area (Å²) in [5.41, 5.74) is 4.10. The Morgan fingerprint density at radius 1 is 0.867 bits per heavy atom. The predicted molar refractivity (Wildman–Crippen MR) is 121 cm³/mol. The Kier molecular flexibility index (Phi) is 6.57. The van der Waals surface area contributed by atoms with Gasteiger partial charge in [-0.05, 0) is 56.2 Å². The number of anilines is 2. The van der Waals surface area contributed by atoms with E-state index < -0.39 is 15.9 Å². The maximum absolute atomic E-state index is 13.4. The van der Waals surface area contributed by atoms with E-state index in [0.29, 0.717) is 11.4 Å². The molecule has 1 amide bonds. The third kappa shape index (κ3) is 4.89. The topological polar surface area (TPSA) is 66.5 Å². The van der Waals surface area contributed by atoms with Gasteiger partial charge >= 0.3 is 0 Å². The summed E-state index contributed by atoms with van der Waals surface area (Å²) >= 11 is 0. The minimum absolute atomic E-state index is 0.149. The molecule has 0 fully saturated rings. The number of amides is 1. The van der Waals surface area contributed by atoms with Gasteiger partial charge < -0.3 is 5.32 Å². The van der Waals surface area contributed by atoms with Crippen molar-refractivity contribution in [3.8, 4) is 0 Å². The SMILES string of the molecule is CCc1ccccc1NC(=O)CN(c1ccc(C)cc1)S(=O)(=O)c1ccc(C)cc1. The average molecular weight is 423 g/mol. The standard InChI is InChI=1S/C24H26N2O3S/c1-4-20-7-5-6-8-23(20)25-24(27)17-26(21-13-9-18(2)10-14-21)30(28,29)22-15-11-19(3)12-16-22/h5-16H,4,17H2,1-3H3,(H,25,27). The highest BCUT2D eigenvalue weighted by molar-refractivity contribution is 7.92. The van der Waals surface area contributed by atoms with Crippen LogP contribution < -0.4 is 9.62 Å². The zero-order valence-corrected chi connectivity index (χ0v) is 18.2. The van der Waals surface area contributed by atoms with Crippen LogP contribution >= 0.6 is 0 Å². The van der Waals surface area contributed by atoms with Gasteiger partial charge in [0.25, 0.3) is 10.0 Å². The second-order valence-electron chi connectivity index (χ2n) is 7.22. The smallest absolute Gasteiger partial charge is 0.264 e. The second kappa shape index (κ2) is 9.13.